The van der Waals surface area contributed by atoms with E-state index in [9.17, 15) is 4.79 Å². The van der Waals surface area contributed by atoms with Crippen LogP contribution in [0.1, 0.15) is 44.9 Å². The van der Waals surface area contributed by atoms with E-state index in [2.05, 4.69) is 19.2 Å². The lowest BCUT2D eigenvalue weighted by molar-refractivity contribution is -0.136. The molecule has 3 atom stereocenters. The second-order valence-electron chi connectivity index (χ2n) is 5.83. The van der Waals surface area contributed by atoms with Crippen molar-refractivity contribution in [3.05, 3.63) is 24.2 Å². The van der Waals surface area contributed by atoms with Crippen LogP contribution >= 0.6 is 0 Å². The second kappa shape index (κ2) is 7.61. The van der Waals surface area contributed by atoms with E-state index < -0.39 is 0 Å². The van der Waals surface area contributed by atoms with Gasteiger partial charge in [0.15, 0.2) is 0 Å². The van der Waals surface area contributed by atoms with Gasteiger partial charge in [-0.15, -0.1) is 0 Å². The number of piperidine rings is 1. The maximum absolute atomic E-state index is 12.5. The molecule has 1 aromatic rings. The van der Waals surface area contributed by atoms with Crippen molar-refractivity contribution in [3.8, 4) is 0 Å². The number of carbonyl (C=O) groups is 1. The van der Waals surface area contributed by atoms with Gasteiger partial charge in [0.2, 0.25) is 5.91 Å². The molecule has 1 fully saturated rings. The first-order chi connectivity index (χ1) is 10.1. The molecule has 2 heterocycles. The van der Waals surface area contributed by atoms with Crippen molar-refractivity contribution in [2.45, 2.75) is 51.2 Å². The van der Waals surface area contributed by atoms with E-state index >= 15 is 0 Å². The Morgan fingerprint density at radius 1 is 1.48 bits per heavy atom. The molecule has 118 valence electrons. The van der Waals surface area contributed by atoms with Gasteiger partial charge in [0.05, 0.1) is 25.5 Å². The number of nitrogens with one attached hydrogen (secondary N) is 1. The number of hydrogen-bond donors (Lipinski definition) is 1. The van der Waals surface area contributed by atoms with Crippen LogP contribution in [-0.4, -0.2) is 43.2 Å². The summed E-state index contributed by atoms with van der Waals surface area (Å²) in [5, 5.41) is 3.25. The highest BCUT2D eigenvalue weighted by atomic mass is 16.5. The van der Waals surface area contributed by atoms with Crippen LogP contribution in [0.3, 0.4) is 0 Å². The number of carbonyl (C=O) groups excluding carboxylic acids is 1. The summed E-state index contributed by atoms with van der Waals surface area (Å²) < 4.78 is 10.6. The summed E-state index contributed by atoms with van der Waals surface area (Å²) in [4.78, 5) is 14.5. The Hall–Kier alpha value is -1.33. The molecular formula is C16H26N2O3. The van der Waals surface area contributed by atoms with Gasteiger partial charge in [0.25, 0.3) is 0 Å². The van der Waals surface area contributed by atoms with Gasteiger partial charge in [-0.25, -0.2) is 0 Å². The summed E-state index contributed by atoms with van der Waals surface area (Å²) in [6.07, 6.45) is 5.03. The molecule has 1 aromatic heterocycles. The van der Waals surface area contributed by atoms with E-state index in [0.29, 0.717) is 25.2 Å². The van der Waals surface area contributed by atoms with E-state index in [-0.39, 0.29) is 11.9 Å². The number of furan rings is 1. The lowest BCUT2D eigenvalue weighted by Gasteiger charge is -2.39. The summed E-state index contributed by atoms with van der Waals surface area (Å²) in [5.41, 5.74) is 0. The zero-order chi connectivity index (χ0) is 15.2. The molecule has 0 radical (unpaired) electrons. The first-order valence-electron chi connectivity index (χ1n) is 7.70. The Morgan fingerprint density at radius 3 is 2.76 bits per heavy atom. The third-order valence-corrected chi connectivity index (χ3v) is 4.20. The van der Waals surface area contributed by atoms with Gasteiger partial charge >= 0.3 is 0 Å². The monoisotopic (exact) mass is 294 g/mol. The van der Waals surface area contributed by atoms with Gasteiger partial charge in [-0.1, -0.05) is 0 Å². The Morgan fingerprint density at radius 2 is 2.19 bits per heavy atom. The minimum Gasteiger partial charge on any atom is -0.468 e. The van der Waals surface area contributed by atoms with Crippen molar-refractivity contribution in [1.82, 2.24) is 10.2 Å². The lowest BCUT2D eigenvalue weighted by Crippen LogP contribution is -2.50. The molecule has 1 N–H and O–H groups in total. The maximum atomic E-state index is 12.5. The van der Waals surface area contributed by atoms with Crippen LogP contribution < -0.4 is 5.32 Å². The molecule has 0 aliphatic carbocycles. The van der Waals surface area contributed by atoms with Crippen molar-refractivity contribution in [3.63, 3.8) is 0 Å². The maximum Gasteiger partial charge on any atom is 0.237 e. The topological polar surface area (TPSA) is 54.7 Å². The largest absolute Gasteiger partial charge is 0.468 e. The van der Waals surface area contributed by atoms with Crippen molar-refractivity contribution < 1.29 is 13.9 Å². The summed E-state index contributed by atoms with van der Waals surface area (Å²) in [5.74, 6) is 0.951. The molecule has 1 aliphatic heterocycles. The molecule has 1 amide bonds. The summed E-state index contributed by atoms with van der Waals surface area (Å²) in [6, 6.07) is 4.30. The molecule has 5 heteroatoms. The Labute approximate surface area is 126 Å². The number of nitrogens with zero attached hydrogens (tertiary/aromatic N) is 1. The Balaban J connectivity index is 1.92. The first-order valence-corrected chi connectivity index (χ1v) is 7.70. The molecule has 1 aliphatic rings. The molecular weight excluding hydrogens is 268 g/mol. The Bertz CT molecular complexity index is 423. The standard InChI is InChI=1S/C16H26N2O3/c1-12-6-4-7-13(2)18(12)16(19)10-17-14(11-20-3)15-8-5-9-21-15/h5,8-9,12-14,17H,4,6-7,10-11H2,1-3H3/t12-,13+,14-/m0/s1. The van der Waals surface area contributed by atoms with E-state index in [4.69, 9.17) is 9.15 Å². The average molecular weight is 294 g/mol. The zero-order valence-electron chi connectivity index (χ0n) is 13.2. The molecule has 5 nitrogen and oxygen atoms in total. The fraction of sp³-hybridized carbons (Fsp3) is 0.688. The van der Waals surface area contributed by atoms with E-state index in [1.165, 1.54) is 6.42 Å². The molecule has 21 heavy (non-hydrogen) atoms. The highest BCUT2D eigenvalue weighted by Crippen LogP contribution is 2.22. The van der Waals surface area contributed by atoms with Crippen LogP contribution in [0.15, 0.2) is 22.8 Å². The van der Waals surface area contributed by atoms with Crippen molar-refractivity contribution >= 4 is 5.91 Å². The average Bonchev–Trinajstić information content (AvgIpc) is 2.97. The summed E-state index contributed by atoms with van der Waals surface area (Å²) >= 11 is 0. The number of rotatable bonds is 6. The van der Waals surface area contributed by atoms with Gasteiger partial charge in [-0.05, 0) is 45.2 Å². The summed E-state index contributed by atoms with van der Waals surface area (Å²) in [6.45, 7) is 5.05. The van der Waals surface area contributed by atoms with Crippen LogP contribution in [0.5, 0.6) is 0 Å². The third kappa shape index (κ3) is 4.08. The van der Waals surface area contributed by atoms with Crippen LogP contribution in [-0.2, 0) is 9.53 Å². The number of methoxy groups -OCH3 is 1. The minimum absolute atomic E-state index is 0.0932. The van der Waals surface area contributed by atoms with Crippen molar-refractivity contribution in [2.75, 3.05) is 20.3 Å². The number of likely N-dealkylation sites (tertiary alicyclic amines) is 1. The molecule has 0 saturated carbocycles. The highest BCUT2D eigenvalue weighted by Gasteiger charge is 2.29. The molecule has 0 unspecified atom stereocenters. The number of hydrogen-bond acceptors (Lipinski definition) is 4. The fourth-order valence-electron chi connectivity index (χ4n) is 3.11. The van der Waals surface area contributed by atoms with Crippen LogP contribution in [0, 0.1) is 0 Å². The van der Waals surface area contributed by atoms with Gasteiger partial charge in [-0.3, -0.25) is 10.1 Å². The van der Waals surface area contributed by atoms with E-state index in [1.54, 1.807) is 13.4 Å². The lowest BCUT2D eigenvalue weighted by atomic mass is 9.97. The number of amides is 1. The highest BCUT2D eigenvalue weighted by molar-refractivity contribution is 5.79. The quantitative estimate of drug-likeness (QED) is 0.875. The van der Waals surface area contributed by atoms with Crippen LogP contribution in [0.25, 0.3) is 0 Å². The molecule has 0 spiro atoms. The van der Waals surface area contributed by atoms with Gasteiger partial charge < -0.3 is 14.1 Å². The molecule has 0 aromatic carbocycles. The van der Waals surface area contributed by atoms with Gasteiger partial charge in [-0.2, -0.15) is 0 Å². The van der Waals surface area contributed by atoms with Crippen LogP contribution in [0.2, 0.25) is 0 Å². The molecule has 0 bridgehead atoms. The smallest absolute Gasteiger partial charge is 0.237 e. The fourth-order valence-corrected chi connectivity index (χ4v) is 3.11. The van der Waals surface area contributed by atoms with E-state index in [0.717, 1.165) is 18.6 Å². The molecule has 1 saturated heterocycles. The normalized spacial score (nSPS) is 24.0. The second-order valence-corrected chi connectivity index (χ2v) is 5.83. The van der Waals surface area contributed by atoms with Gasteiger partial charge in [0.1, 0.15) is 5.76 Å². The number of ether oxygens (including phenoxy) is 1. The molecule has 2 rings (SSSR count). The third-order valence-electron chi connectivity index (χ3n) is 4.20. The predicted molar refractivity (Wildman–Crippen MR) is 80.9 cm³/mol. The first kappa shape index (κ1) is 16.0. The van der Waals surface area contributed by atoms with Crippen molar-refractivity contribution in [2.24, 2.45) is 0 Å². The Kier molecular flexibility index (Phi) is 5.82. The van der Waals surface area contributed by atoms with E-state index in [1.807, 2.05) is 17.0 Å². The minimum atomic E-state index is -0.0932. The van der Waals surface area contributed by atoms with Gasteiger partial charge in [0, 0.05) is 19.2 Å². The zero-order valence-corrected chi connectivity index (χ0v) is 13.2. The summed E-state index contributed by atoms with van der Waals surface area (Å²) in [7, 11) is 1.65. The van der Waals surface area contributed by atoms with Crippen LogP contribution in [0.4, 0.5) is 0 Å². The predicted octanol–water partition coefficient (Wildman–Crippen LogP) is 2.35. The van der Waals surface area contributed by atoms with Crippen molar-refractivity contribution in [1.29, 1.82) is 0 Å². The SMILES string of the molecule is COC[C@H](NCC(=O)N1[C@H](C)CCC[C@@H]1C)c1ccco1.